The highest BCUT2D eigenvalue weighted by Crippen LogP contribution is 2.25. The van der Waals surface area contributed by atoms with Crippen molar-refractivity contribution >= 4 is 5.78 Å². The number of Topliss-reactive ketones (excluding diaryl/α,β-unsaturated/α-hetero) is 1. The van der Waals surface area contributed by atoms with Gasteiger partial charge in [-0.2, -0.15) is 0 Å². The number of hydrogen-bond donors (Lipinski definition) is 0. The number of fused-ring (bicyclic) bond motifs is 1. The van der Waals surface area contributed by atoms with Crippen LogP contribution in [-0.4, -0.2) is 5.78 Å². The van der Waals surface area contributed by atoms with Gasteiger partial charge in [0.25, 0.3) is 0 Å². The van der Waals surface area contributed by atoms with E-state index in [1.54, 1.807) is 0 Å². The van der Waals surface area contributed by atoms with Crippen LogP contribution in [0.25, 0.3) is 0 Å². The van der Waals surface area contributed by atoms with Gasteiger partial charge in [0.1, 0.15) is 5.78 Å². The predicted octanol–water partition coefficient (Wildman–Crippen LogP) is 4.48. The van der Waals surface area contributed by atoms with Gasteiger partial charge in [-0.25, -0.2) is 0 Å². The van der Waals surface area contributed by atoms with Crippen molar-refractivity contribution in [1.82, 2.24) is 0 Å². The van der Waals surface area contributed by atoms with Gasteiger partial charge in [-0.15, -0.1) is 0 Å². The summed E-state index contributed by atoms with van der Waals surface area (Å²) in [7, 11) is 0. The summed E-state index contributed by atoms with van der Waals surface area (Å²) in [5.74, 6) is 0.362. The van der Waals surface area contributed by atoms with Gasteiger partial charge in [0, 0.05) is 12.3 Å². The third kappa shape index (κ3) is 3.07. The molecule has 0 spiro atoms. The zero-order valence-corrected chi connectivity index (χ0v) is 12.6. The van der Waals surface area contributed by atoms with Crippen LogP contribution >= 0.6 is 0 Å². The number of rotatable bonds is 5. The van der Waals surface area contributed by atoms with E-state index in [4.69, 9.17) is 0 Å². The molecule has 0 aliphatic heterocycles. The van der Waals surface area contributed by atoms with Crippen LogP contribution in [0.5, 0.6) is 0 Å². The molecule has 1 aliphatic rings. The molecule has 108 valence electrons. The summed E-state index contributed by atoms with van der Waals surface area (Å²) in [6, 6.07) is 16.8. The quantitative estimate of drug-likeness (QED) is 0.788. The molecule has 2 aromatic carbocycles. The minimum atomic E-state index is 0.0273. The average Bonchev–Trinajstić information content (AvgIpc) is 2.96. The lowest BCUT2D eigenvalue weighted by atomic mass is 9.88. The van der Waals surface area contributed by atoms with Crippen LogP contribution in [0.2, 0.25) is 0 Å². The van der Waals surface area contributed by atoms with E-state index in [1.807, 2.05) is 18.2 Å². The van der Waals surface area contributed by atoms with E-state index in [1.165, 1.54) is 36.0 Å². The molecule has 0 saturated heterocycles. The second-order valence-electron chi connectivity index (χ2n) is 5.97. The fraction of sp³-hybridized carbons (Fsp3) is 0.350. The molecule has 2 aromatic rings. The van der Waals surface area contributed by atoms with Gasteiger partial charge in [-0.3, -0.25) is 4.79 Å². The minimum absolute atomic E-state index is 0.0273. The molecule has 0 fully saturated rings. The van der Waals surface area contributed by atoms with Gasteiger partial charge < -0.3 is 0 Å². The number of aryl methyl sites for hydroxylation is 2. The summed E-state index contributed by atoms with van der Waals surface area (Å²) in [5, 5.41) is 0. The lowest BCUT2D eigenvalue weighted by molar-refractivity contribution is -0.119. The van der Waals surface area contributed by atoms with Crippen molar-refractivity contribution in [2.75, 3.05) is 0 Å². The second kappa shape index (κ2) is 6.26. The smallest absolute Gasteiger partial charge is 0.144 e. The highest BCUT2D eigenvalue weighted by molar-refractivity contribution is 5.87. The third-order valence-electron chi connectivity index (χ3n) is 4.54. The normalized spacial score (nSPS) is 14.7. The van der Waals surface area contributed by atoms with Gasteiger partial charge in [0.15, 0.2) is 0 Å². The van der Waals surface area contributed by atoms with Crippen molar-refractivity contribution in [3.8, 4) is 0 Å². The van der Waals surface area contributed by atoms with Crippen LogP contribution in [-0.2, 0) is 24.1 Å². The largest absolute Gasteiger partial charge is 0.299 e. The molecule has 3 rings (SSSR count). The Bertz CT molecular complexity index is 628. The van der Waals surface area contributed by atoms with Gasteiger partial charge in [0.05, 0.1) is 0 Å². The molecule has 1 heteroatoms. The molecule has 0 aromatic heterocycles. The molecule has 0 saturated carbocycles. The van der Waals surface area contributed by atoms with Gasteiger partial charge in [-0.05, 0) is 47.9 Å². The van der Waals surface area contributed by atoms with Crippen molar-refractivity contribution in [3.05, 3.63) is 70.8 Å². The first-order valence-corrected chi connectivity index (χ1v) is 7.96. The first kappa shape index (κ1) is 14.1. The Balaban J connectivity index is 1.76. The predicted molar refractivity (Wildman–Crippen MR) is 86.7 cm³/mol. The number of carbonyl (C=O) groups excluding carboxylic acids is 1. The van der Waals surface area contributed by atoms with Crippen molar-refractivity contribution in [1.29, 1.82) is 0 Å². The monoisotopic (exact) mass is 278 g/mol. The Morgan fingerprint density at radius 3 is 2.57 bits per heavy atom. The van der Waals surface area contributed by atoms with Crippen LogP contribution in [0.15, 0.2) is 48.5 Å². The summed E-state index contributed by atoms with van der Waals surface area (Å²) >= 11 is 0. The topological polar surface area (TPSA) is 17.1 Å². The molecule has 0 radical (unpaired) electrons. The second-order valence-corrected chi connectivity index (χ2v) is 5.97. The fourth-order valence-electron chi connectivity index (χ4n) is 3.39. The van der Waals surface area contributed by atoms with E-state index >= 15 is 0 Å². The van der Waals surface area contributed by atoms with Gasteiger partial charge >= 0.3 is 0 Å². The number of benzene rings is 2. The Morgan fingerprint density at radius 2 is 1.81 bits per heavy atom. The molecule has 1 atom stereocenters. The van der Waals surface area contributed by atoms with Crippen LogP contribution < -0.4 is 0 Å². The summed E-state index contributed by atoms with van der Waals surface area (Å²) in [6.45, 7) is 2.10. The zero-order valence-electron chi connectivity index (χ0n) is 12.6. The number of carbonyl (C=O) groups is 1. The van der Waals surface area contributed by atoms with Crippen molar-refractivity contribution in [2.45, 2.75) is 44.9 Å². The molecule has 0 N–H and O–H groups in total. The third-order valence-corrected chi connectivity index (χ3v) is 4.54. The number of hydrogen-bond acceptors (Lipinski definition) is 1. The van der Waals surface area contributed by atoms with Crippen molar-refractivity contribution in [2.24, 2.45) is 0 Å². The molecular weight excluding hydrogens is 256 g/mol. The lowest BCUT2D eigenvalue weighted by Gasteiger charge is -2.14. The molecule has 0 amide bonds. The van der Waals surface area contributed by atoms with Crippen LogP contribution in [0.4, 0.5) is 0 Å². The average molecular weight is 278 g/mol. The molecule has 1 nitrogen and oxygen atoms in total. The SMILES string of the molecule is CCC(C(=O)Cc1ccc2c(c1)CCC2)c1ccccc1. The Morgan fingerprint density at radius 1 is 1.05 bits per heavy atom. The maximum atomic E-state index is 12.6. The molecule has 0 bridgehead atoms. The highest BCUT2D eigenvalue weighted by Gasteiger charge is 2.19. The molecule has 1 unspecified atom stereocenters. The fourth-order valence-corrected chi connectivity index (χ4v) is 3.39. The van der Waals surface area contributed by atoms with E-state index in [9.17, 15) is 4.79 Å². The van der Waals surface area contributed by atoms with Crippen molar-refractivity contribution in [3.63, 3.8) is 0 Å². The summed E-state index contributed by atoms with van der Waals surface area (Å²) < 4.78 is 0. The van der Waals surface area contributed by atoms with Gasteiger partial charge in [-0.1, -0.05) is 55.5 Å². The maximum absolute atomic E-state index is 12.6. The minimum Gasteiger partial charge on any atom is -0.299 e. The van der Waals surface area contributed by atoms with Crippen molar-refractivity contribution < 1.29 is 4.79 Å². The zero-order chi connectivity index (χ0) is 14.7. The van der Waals surface area contributed by atoms with E-state index in [0.29, 0.717) is 12.2 Å². The van der Waals surface area contributed by atoms with E-state index in [0.717, 1.165) is 12.0 Å². The lowest BCUT2D eigenvalue weighted by Crippen LogP contribution is -2.14. The number of ketones is 1. The van der Waals surface area contributed by atoms with Crippen LogP contribution in [0.1, 0.15) is 47.9 Å². The van der Waals surface area contributed by atoms with Gasteiger partial charge in [0.2, 0.25) is 0 Å². The molecule has 21 heavy (non-hydrogen) atoms. The first-order valence-electron chi connectivity index (χ1n) is 7.96. The first-order chi connectivity index (χ1) is 10.3. The van der Waals surface area contributed by atoms with E-state index in [2.05, 4.69) is 37.3 Å². The van der Waals surface area contributed by atoms with E-state index < -0.39 is 0 Å². The van der Waals surface area contributed by atoms with E-state index in [-0.39, 0.29) is 5.92 Å². The summed E-state index contributed by atoms with van der Waals surface area (Å²) in [6.07, 6.45) is 5.06. The Kier molecular flexibility index (Phi) is 4.19. The summed E-state index contributed by atoms with van der Waals surface area (Å²) in [5.41, 5.74) is 5.25. The Hall–Kier alpha value is -1.89. The molecular formula is C20H22O. The standard InChI is InChI=1S/C20H22O/c1-2-19(17-7-4-3-5-8-17)20(21)14-15-11-12-16-9-6-10-18(16)13-15/h3-5,7-8,11-13,19H,2,6,9-10,14H2,1H3. The molecule has 1 aliphatic carbocycles. The highest BCUT2D eigenvalue weighted by atomic mass is 16.1. The maximum Gasteiger partial charge on any atom is 0.144 e. The Labute approximate surface area is 127 Å². The van der Waals surface area contributed by atoms with Crippen LogP contribution in [0.3, 0.4) is 0 Å². The molecule has 0 heterocycles. The summed E-state index contributed by atoms with van der Waals surface area (Å²) in [4.78, 5) is 12.6. The van der Waals surface area contributed by atoms with Crippen LogP contribution in [0, 0.1) is 0 Å².